The van der Waals surface area contributed by atoms with Crippen LogP contribution in [0.5, 0.6) is 0 Å². The second-order valence-electron chi connectivity index (χ2n) is 6.65. The molecule has 1 atom stereocenters. The maximum Gasteiger partial charge on any atom is 0.417 e. The summed E-state index contributed by atoms with van der Waals surface area (Å²) in [5, 5.41) is 1.72. The SMILES string of the molecule is O=C1COC(=O)N1CC(NS(=O)(=O)c1ccc2ccccc2c1)c1ccccc1. The predicted molar refractivity (Wildman–Crippen MR) is 107 cm³/mol. The summed E-state index contributed by atoms with van der Waals surface area (Å²) in [4.78, 5) is 24.8. The molecular formula is C21H18N2O5S. The Morgan fingerprint density at radius 2 is 1.62 bits per heavy atom. The standard InChI is InChI=1S/C21H18N2O5S/c24-20-14-28-21(25)23(20)13-19(16-7-2-1-3-8-16)22-29(26,27)18-11-10-15-6-4-5-9-17(15)12-18/h1-12,19,22H,13-14H2. The average Bonchev–Trinajstić information content (AvgIpc) is 3.05. The molecule has 4 rings (SSSR count). The lowest BCUT2D eigenvalue weighted by molar-refractivity contribution is -0.126. The van der Waals surface area contributed by atoms with Gasteiger partial charge in [-0.15, -0.1) is 0 Å². The van der Waals surface area contributed by atoms with Gasteiger partial charge in [0.1, 0.15) is 0 Å². The first-order chi connectivity index (χ1) is 13.9. The zero-order valence-corrected chi connectivity index (χ0v) is 16.1. The van der Waals surface area contributed by atoms with Gasteiger partial charge in [-0.3, -0.25) is 4.79 Å². The number of hydrogen-bond acceptors (Lipinski definition) is 5. The molecule has 0 aromatic heterocycles. The number of imide groups is 1. The number of fused-ring (bicyclic) bond motifs is 1. The molecule has 7 nitrogen and oxygen atoms in total. The number of hydrogen-bond donors (Lipinski definition) is 1. The van der Waals surface area contributed by atoms with Crippen molar-refractivity contribution in [2.45, 2.75) is 10.9 Å². The molecule has 0 spiro atoms. The molecule has 1 aliphatic heterocycles. The lowest BCUT2D eigenvalue weighted by Gasteiger charge is -2.22. The van der Waals surface area contributed by atoms with Gasteiger partial charge in [0, 0.05) is 0 Å². The van der Waals surface area contributed by atoms with Crippen LogP contribution in [0.3, 0.4) is 0 Å². The van der Waals surface area contributed by atoms with Gasteiger partial charge in [-0.2, -0.15) is 0 Å². The molecule has 8 heteroatoms. The summed E-state index contributed by atoms with van der Waals surface area (Å²) in [7, 11) is -3.92. The van der Waals surface area contributed by atoms with Gasteiger partial charge in [0.05, 0.1) is 17.5 Å². The Kier molecular flexibility index (Phi) is 5.04. The smallest absolute Gasteiger partial charge is 0.417 e. The van der Waals surface area contributed by atoms with Gasteiger partial charge in [-0.1, -0.05) is 60.7 Å². The van der Waals surface area contributed by atoms with Crippen molar-refractivity contribution in [3.63, 3.8) is 0 Å². The fourth-order valence-corrected chi connectivity index (χ4v) is 4.48. The molecule has 29 heavy (non-hydrogen) atoms. The summed E-state index contributed by atoms with van der Waals surface area (Å²) >= 11 is 0. The van der Waals surface area contributed by atoms with Gasteiger partial charge >= 0.3 is 6.09 Å². The number of nitrogens with zero attached hydrogens (tertiary/aromatic N) is 1. The molecule has 1 unspecified atom stereocenters. The number of sulfonamides is 1. The van der Waals surface area contributed by atoms with Crippen LogP contribution in [0.25, 0.3) is 10.8 Å². The van der Waals surface area contributed by atoms with Crippen LogP contribution in [-0.4, -0.2) is 38.5 Å². The van der Waals surface area contributed by atoms with Crippen molar-refractivity contribution in [2.75, 3.05) is 13.2 Å². The van der Waals surface area contributed by atoms with Crippen molar-refractivity contribution < 1.29 is 22.7 Å². The average molecular weight is 410 g/mol. The summed E-state index contributed by atoms with van der Waals surface area (Å²) in [6, 6.07) is 20.3. The van der Waals surface area contributed by atoms with E-state index in [-0.39, 0.29) is 18.0 Å². The van der Waals surface area contributed by atoms with E-state index >= 15 is 0 Å². The van der Waals surface area contributed by atoms with Crippen molar-refractivity contribution >= 4 is 32.8 Å². The van der Waals surface area contributed by atoms with Crippen LogP contribution in [0.1, 0.15) is 11.6 Å². The number of amides is 2. The Hall–Kier alpha value is -3.23. The molecule has 1 heterocycles. The maximum absolute atomic E-state index is 13.1. The number of carbonyl (C=O) groups excluding carboxylic acids is 2. The second kappa shape index (κ2) is 7.65. The van der Waals surface area contributed by atoms with E-state index in [2.05, 4.69) is 4.72 Å². The van der Waals surface area contributed by atoms with Crippen molar-refractivity contribution in [1.29, 1.82) is 0 Å². The van der Waals surface area contributed by atoms with E-state index in [0.29, 0.717) is 5.56 Å². The highest BCUT2D eigenvalue weighted by Gasteiger charge is 2.34. The van der Waals surface area contributed by atoms with Crippen LogP contribution >= 0.6 is 0 Å². The second-order valence-corrected chi connectivity index (χ2v) is 8.37. The van der Waals surface area contributed by atoms with Crippen LogP contribution in [0.2, 0.25) is 0 Å². The van der Waals surface area contributed by atoms with E-state index in [0.717, 1.165) is 15.7 Å². The molecule has 0 radical (unpaired) electrons. The van der Waals surface area contributed by atoms with Crippen molar-refractivity contribution in [2.24, 2.45) is 0 Å². The highest BCUT2D eigenvalue weighted by Crippen LogP contribution is 2.23. The number of nitrogens with one attached hydrogen (secondary N) is 1. The monoisotopic (exact) mass is 410 g/mol. The number of cyclic esters (lactones) is 1. The summed E-state index contributed by atoms with van der Waals surface area (Å²) in [6.07, 6.45) is -0.777. The summed E-state index contributed by atoms with van der Waals surface area (Å²) in [5.74, 6) is -0.499. The lowest BCUT2D eigenvalue weighted by Crippen LogP contribution is -2.40. The quantitative estimate of drug-likeness (QED) is 0.675. The van der Waals surface area contributed by atoms with Crippen molar-refractivity contribution in [3.8, 4) is 0 Å². The van der Waals surface area contributed by atoms with Gasteiger partial charge < -0.3 is 4.74 Å². The molecule has 1 saturated heterocycles. The largest absolute Gasteiger partial charge is 0.439 e. The van der Waals surface area contributed by atoms with Crippen LogP contribution in [0, 0.1) is 0 Å². The van der Waals surface area contributed by atoms with E-state index in [1.54, 1.807) is 42.5 Å². The molecular weight excluding hydrogens is 392 g/mol. The van der Waals surface area contributed by atoms with Crippen LogP contribution in [0.15, 0.2) is 77.7 Å². The minimum absolute atomic E-state index is 0.104. The van der Waals surface area contributed by atoms with Gasteiger partial charge in [-0.25, -0.2) is 22.8 Å². The predicted octanol–water partition coefficient (Wildman–Crippen LogP) is 2.84. The highest BCUT2D eigenvalue weighted by atomic mass is 32.2. The third kappa shape index (κ3) is 3.98. The molecule has 1 fully saturated rings. The molecule has 2 amide bonds. The topological polar surface area (TPSA) is 92.8 Å². The molecule has 1 N–H and O–H groups in total. The Labute approximate surface area is 167 Å². The van der Waals surface area contributed by atoms with Crippen LogP contribution < -0.4 is 4.72 Å². The maximum atomic E-state index is 13.1. The van der Waals surface area contributed by atoms with Gasteiger partial charge in [0.25, 0.3) is 5.91 Å². The Morgan fingerprint density at radius 1 is 0.931 bits per heavy atom. The first kappa shape index (κ1) is 19.1. The van der Waals surface area contributed by atoms with E-state index in [9.17, 15) is 18.0 Å². The minimum atomic E-state index is -3.92. The lowest BCUT2D eigenvalue weighted by atomic mass is 10.1. The molecule has 0 bridgehead atoms. The van der Waals surface area contributed by atoms with Gasteiger partial charge in [-0.05, 0) is 28.5 Å². The van der Waals surface area contributed by atoms with Gasteiger partial charge in [0.2, 0.25) is 10.0 Å². The zero-order valence-electron chi connectivity index (χ0n) is 15.3. The fourth-order valence-electron chi connectivity index (χ4n) is 3.23. The third-order valence-corrected chi connectivity index (χ3v) is 6.21. The Morgan fingerprint density at radius 3 is 2.31 bits per heavy atom. The molecule has 3 aromatic rings. The van der Waals surface area contributed by atoms with Crippen LogP contribution in [-0.2, 0) is 19.6 Å². The van der Waals surface area contributed by atoms with E-state index in [1.165, 1.54) is 6.07 Å². The number of benzene rings is 3. The highest BCUT2D eigenvalue weighted by molar-refractivity contribution is 7.89. The number of ether oxygens (including phenoxy) is 1. The summed E-state index contributed by atoms with van der Waals surface area (Å²) in [6.45, 7) is -0.494. The van der Waals surface area contributed by atoms with Gasteiger partial charge in [0.15, 0.2) is 6.61 Å². The fraction of sp³-hybridized carbons (Fsp3) is 0.143. The van der Waals surface area contributed by atoms with Crippen molar-refractivity contribution in [3.05, 3.63) is 78.4 Å². The third-order valence-electron chi connectivity index (χ3n) is 4.74. The first-order valence-electron chi connectivity index (χ1n) is 8.97. The van der Waals surface area contributed by atoms with Crippen molar-refractivity contribution in [1.82, 2.24) is 9.62 Å². The minimum Gasteiger partial charge on any atom is -0.439 e. The molecule has 148 valence electrons. The summed E-state index contributed by atoms with van der Waals surface area (Å²) < 4.78 is 33.5. The molecule has 1 aliphatic rings. The van der Waals surface area contributed by atoms with E-state index in [4.69, 9.17) is 4.74 Å². The molecule has 0 saturated carbocycles. The normalized spacial score (nSPS) is 15.5. The van der Waals surface area contributed by atoms with E-state index < -0.39 is 28.1 Å². The number of carbonyl (C=O) groups is 2. The molecule has 3 aromatic carbocycles. The summed E-state index contributed by atoms with van der Waals surface area (Å²) in [5.41, 5.74) is 0.629. The number of rotatable bonds is 6. The Balaban J connectivity index is 1.66. The van der Waals surface area contributed by atoms with E-state index in [1.807, 2.05) is 24.3 Å². The Bertz CT molecular complexity index is 1160. The zero-order chi connectivity index (χ0) is 20.4. The first-order valence-corrected chi connectivity index (χ1v) is 10.5. The molecule has 0 aliphatic carbocycles. The van der Waals surface area contributed by atoms with Crippen LogP contribution in [0.4, 0.5) is 4.79 Å².